The normalized spacial score (nSPS) is 10.6. The molecule has 2 aromatic heterocycles. The summed E-state index contributed by atoms with van der Waals surface area (Å²) in [7, 11) is 0. The van der Waals surface area contributed by atoms with Crippen LogP contribution in [0.15, 0.2) is 42.6 Å². The maximum absolute atomic E-state index is 12.5. The number of nitrogens with one attached hydrogen (secondary N) is 1. The van der Waals surface area contributed by atoms with Crippen molar-refractivity contribution in [2.45, 2.75) is 13.8 Å². The van der Waals surface area contributed by atoms with Crippen LogP contribution >= 0.6 is 11.6 Å². The summed E-state index contributed by atoms with van der Waals surface area (Å²) < 4.78 is 1.51. The van der Waals surface area contributed by atoms with Gasteiger partial charge in [-0.3, -0.25) is 4.79 Å². The van der Waals surface area contributed by atoms with E-state index in [4.69, 9.17) is 11.6 Å². The molecule has 1 N–H and O–H groups in total. The number of aryl methyl sites for hydroxylation is 2. The molecule has 0 saturated carbocycles. The number of rotatable bonds is 3. The van der Waals surface area contributed by atoms with E-state index in [9.17, 15) is 4.79 Å². The second-order valence-corrected chi connectivity index (χ2v) is 5.43. The van der Waals surface area contributed by atoms with Crippen molar-refractivity contribution in [3.8, 4) is 5.82 Å². The Kier molecular flexibility index (Phi) is 4.08. The molecule has 7 heteroatoms. The molecule has 0 aliphatic carbocycles. The molecule has 0 aliphatic rings. The Morgan fingerprint density at radius 3 is 2.70 bits per heavy atom. The molecule has 3 rings (SSSR count). The first-order valence-electron chi connectivity index (χ1n) is 6.97. The van der Waals surface area contributed by atoms with Crippen molar-refractivity contribution in [3.05, 3.63) is 64.4 Å². The first kappa shape index (κ1) is 15.2. The number of hydrogen-bond acceptors (Lipinski definition) is 4. The second-order valence-electron chi connectivity index (χ2n) is 5.05. The maximum Gasteiger partial charge on any atom is 0.258 e. The lowest BCUT2D eigenvalue weighted by Crippen LogP contribution is -2.16. The van der Waals surface area contributed by atoms with E-state index in [1.807, 2.05) is 26.0 Å². The van der Waals surface area contributed by atoms with Gasteiger partial charge in [0.15, 0.2) is 5.82 Å². The average Bonchev–Trinajstić information content (AvgIpc) is 2.99. The van der Waals surface area contributed by atoms with Gasteiger partial charge in [-0.15, -0.1) is 5.10 Å². The van der Waals surface area contributed by atoms with E-state index in [1.54, 1.807) is 30.5 Å². The molecule has 6 nitrogen and oxygen atoms in total. The van der Waals surface area contributed by atoms with Crippen molar-refractivity contribution in [1.29, 1.82) is 0 Å². The summed E-state index contributed by atoms with van der Waals surface area (Å²) in [6.45, 7) is 3.70. The Morgan fingerprint density at radius 1 is 1.13 bits per heavy atom. The average molecular weight is 328 g/mol. The van der Waals surface area contributed by atoms with E-state index in [2.05, 4.69) is 20.6 Å². The van der Waals surface area contributed by atoms with Gasteiger partial charge in [0.2, 0.25) is 0 Å². The second kappa shape index (κ2) is 6.18. The zero-order valence-corrected chi connectivity index (χ0v) is 13.4. The van der Waals surface area contributed by atoms with E-state index < -0.39 is 0 Å². The summed E-state index contributed by atoms with van der Waals surface area (Å²) in [5.41, 5.74) is 2.06. The first-order valence-corrected chi connectivity index (χ1v) is 7.35. The molecule has 2 heterocycles. The number of nitrogens with zero attached hydrogens (tertiary/aromatic N) is 4. The fourth-order valence-corrected chi connectivity index (χ4v) is 2.30. The molecule has 1 amide bonds. The minimum Gasteiger partial charge on any atom is -0.306 e. The van der Waals surface area contributed by atoms with Gasteiger partial charge in [0, 0.05) is 6.07 Å². The number of carbonyl (C=O) groups is 1. The third kappa shape index (κ3) is 3.07. The van der Waals surface area contributed by atoms with E-state index >= 15 is 0 Å². The molecular formula is C16H14ClN5O. The lowest BCUT2D eigenvalue weighted by molar-refractivity contribution is 0.102. The molecule has 116 valence electrons. The molecule has 0 saturated heterocycles. The summed E-state index contributed by atoms with van der Waals surface area (Å²) in [5, 5.41) is 15.5. The molecule has 0 aliphatic heterocycles. The highest BCUT2D eigenvalue weighted by Gasteiger charge is 2.15. The highest BCUT2D eigenvalue weighted by molar-refractivity contribution is 6.35. The van der Waals surface area contributed by atoms with Gasteiger partial charge < -0.3 is 5.32 Å². The van der Waals surface area contributed by atoms with Crippen LogP contribution in [0.4, 0.5) is 5.82 Å². The Bertz CT molecular complexity index is 857. The molecule has 0 atom stereocenters. The van der Waals surface area contributed by atoms with Crippen molar-refractivity contribution >= 4 is 23.3 Å². The van der Waals surface area contributed by atoms with Crippen LogP contribution in [0.3, 0.4) is 0 Å². The van der Waals surface area contributed by atoms with Crippen molar-refractivity contribution in [1.82, 2.24) is 20.0 Å². The molecule has 0 unspecified atom stereocenters. The Hall–Kier alpha value is -2.73. The zero-order valence-electron chi connectivity index (χ0n) is 12.6. The van der Waals surface area contributed by atoms with E-state index in [1.165, 1.54) is 4.68 Å². The van der Waals surface area contributed by atoms with E-state index in [0.29, 0.717) is 22.2 Å². The molecule has 1 aromatic carbocycles. The minimum absolute atomic E-state index is 0.305. The van der Waals surface area contributed by atoms with Crippen molar-refractivity contribution in [2.24, 2.45) is 0 Å². The Morgan fingerprint density at radius 2 is 1.96 bits per heavy atom. The predicted molar refractivity (Wildman–Crippen MR) is 88.0 cm³/mol. The van der Waals surface area contributed by atoms with Crippen LogP contribution in [0.25, 0.3) is 5.82 Å². The first-order chi connectivity index (χ1) is 11.1. The third-order valence-electron chi connectivity index (χ3n) is 3.32. The topological polar surface area (TPSA) is 72.7 Å². The Balaban J connectivity index is 1.90. The quantitative estimate of drug-likeness (QED) is 0.802. The zero-order chi connectivity index (χ0) is 16.4. The highest BCUT2D eigenvalue weighted by atomic mass is 35.5. The van der Waals surface area contributed by atoms with Gasteiger partial charge in [-0.25, -0.2) is 0 Å². The van der Waals surface area contributed by atoms with Gasteiger partial charge in [0.1, 0.15) is 5.82 Å². The van der Waals surface area contributed by atoms with Gasteiger partial charge in [-0.2, -0.15) is 14.9 Å². The molecule has 0 bridgehead atoms. The third-order valence-corrected chi connectivity index (χ3v) is 3.82. The molecular weight excluding hydrogens is 314 g/mol. The smallest absolute Gasteiger partial charge is 0.258 e. The fraction of sp³-hybridized carbons (Fsp3) is 0.125. The Labute approximate surface area is 138 Å². The summed E-state index contributed by atoms with van der Waals surface area (Å²) in [5.74, 6) is 0.706. The lowest BCUT2D eigenvalue weighted by Gasteiger charge is -2.10. The van der Waals surface area contributed by atoms with Gasteiger partial charge >= 0.3 is 0 Å². The number of carbonyl (C=O) groups excluding carboxylic acids is 1. The summed E-state index contributed by atoms with van der Waals surface area (Å²) in [6.07, 6.45) is 1.58. The van der Waals surface area contributed by atoms with Gasteiger partial charge in [0.25, 0.3) is 5.91 Å². The predicted octanol–water partition coefficient (Wildman–Crippen LogP) is 3.18. The van der Waals surface area contributed by atoms with Crippen LogP contribution in [0.5, 0.6) is 0 Å². The number of halogens is 1. The van der Waals surface area contributed by atoms with Crippen molar-refractivity contribution < 1.29 is 4.79 Å². The van der Waals surface area contributed by atoms with Crippen LogP contribution in [-0.2, 0) is 0 Å². The standard InChI is InChI=1S/C16H14ClN5O/c1-10-4-3-5-12(15(10)17)16(23)19-13-8-9-18-22(13)14-7-6-11(2)20-21-14/h3-9H,1-2H3,(H,19,23). The molecule has 0 spiro atoms. The number of hydrogen-bond donors (Lipinski definition) is 1. The lowest BCUT2D eigenvalue weighted by atomic mass is 10.1. The molecule has 0 fully saturated rings. The summed E-state index contributed by atoms with van der Waals surface area (Å²) in [6, 6.07) is 10.6. The summed E-state index contributed by atoms with van der Waals surface area (Å²) in [4.78, 5) is 12.5. The molecule has 0 radical (unpaired) electrons. The highest BCUT2D eigenvalue weighted by Crippen LogP contribution is 2.22. The summed E-state index contributed by atoms with van der Waals surface area (Å²) >= 11 is 6.20. The molecule has 23 heavy (non-hydrogen) atoms. The van der Waals surface area contributed by atoms with Crippen LogP contribution < -0.4 is 5.32 Å². The van der Waals surface area contributed by atoms with Crippen LogP contribution in [0.2, 0.25) is 5.02 Å². The van der Waals surface area contributed by atoms with E-state index in [-0.39, 0.29) is 5.91 Å². The fourth-order valence-electron chi connectivity index (χ4n) is 2.09. The maximum atomic E-state index is 12.5. The number of benzene rings is 1. The van der Waals surface area contributed by atoms with Gasteiger partial charge in [0.05, 0.1) is 22.5 Å². The largest absolute Gasteiger partial charge is 0.306 e. The van der Waals surface area contributed by atoms with Gasteiger partial charge in [-0.05, 0) is 37.6 Å². The SMILES string of the molecule is Cc1ccc(-n2nccc2NC(=O)c2cccc(C)c2Cl)nn1. The molecule has 3 aromatic rings. The monoisotopic (exact) mass is 327 g/mol. The van der Waals surface area contributed by atoms with Gasteiger partial charge in [-0.1, -0.05) is 23.7 Å². The number of amides is 1. The van der Waals surface area contributed by atoms with Crippen molar-refractivity contribution in [2.75, 3.05) is 5.32 Å². The van der Waals surface area contributed by atoms with Crippen LogP contribution in [-0.4, -0.2) is 25.9 Å². The number of aromatic nitrogens is 4. The van der Waals surface area contributed by atoms with Crippen molar-refractivity contribution in [3.63, 3.8) is 0 Å². The van der Waals surface area contributed by atoms with Crippen LogP contribution in [0.1, 0.15) is 21.6 Å². The minimum atomic E-state index is -0.305. The van der Waals surface area contributed by atoms with Crippen LogP contribution in [0, 0.1) is 13.8 Å². The van der Waals surface area contributed by atoms with E-state index in [0.717, 1.165) is 11.3 Å². The number of anilines is 1.